The summed E-state index contributed by atoms with van der Waals surface area (Å²) in [6.45, 7) is 1.49. The van der Waals surface area contributed by atoms with Crippen LogP contribution in [0.15, 0.2) is 42.5 Å². The summed E-state index contributed by atoms with van der Waals surface area (Å²) >= 11 is 0. The number of benzene rings is 2. The van der Waals surface area contributed by atoms with Gasteiger partial charge < -0.3 is 10.6 Å². The lowest BCUT2D eigenvalue weighted by molar-refractivity contribution is 0.0990. The number of hydrogen-bond acceptors (Lipinski definition) is 3. The first-order valence-electron chi connectivity index (χ1n) is 7.08. The second kappa shape index (κ2) is 6.06. The summed E-state index contributed by atoms with van der Waals surface area (Å²) in [4.78, 5) is 12.1. The zero-order valence-corrected chi connectivity index (χ0v) is 11.7. The highest BCUT2D eigenvalue weighted by Gasteiger charge is 2.13. The third-order valence-electron chi connectivity index (χ3n) is 3.70. The first kappa shape index (κ1) is 13.8. The smallest absolute Gasteiger partial charge is 0.176 e. The Kier molecular flexibility index (Phi) is 3.97. The van der Waals surface area contributed by atoms with Crippen molar-refractivity contribution in [2.45, 2.75) is 13.0 Å². The van der Waals surface area contributed by atoms with Crippen molar-refractivity contribution in [1.82, 2.24) is 5.32 Å². The van der Waals surface area contributed by atoms with Gasteiger partial charge in [0.25, 0.3) is 0 Å². The van der Waals surface area contributed by atoms with E-state index in [9.17, 15) is 9.18 Å². The van der Waals surface area contributed by atoms with Crippen molar-refractivity contribution in [1.29, 1.82) is 0 Å². The van der Waals surface area contributed by atoms with Crippen LogP contribution in [0.1, 0.15) is 21.5 Å². The molecule has 2 aromatic carbocycles. The Morgan fingerprint density at radius 2 is 2.10 bits per heavy atom. The third-order valence-corrected chi connectivity index (χ3v) is 3.70. The van der Waals surface area contributed by atoms with Crippen LogP contribution in [0.5, 0.6) is 0 Å². The monoisotopic (exact) mass is 284 g/mol. The van der Waals surface area contributed by atoms with Crippen molar-refractivity contribution in [3.05, 3.63) is 65.0 Å². The van der Waals surface area contributed by atoms with Gasteiger partial charge in [-0.05, 0) is 36.2 Å². The van der Waals surface area contributed by atoms with Crippen LogP contribution in [-0.2, 0) is 13.0 Å². The maximum Gasteiger partial charge on any atom is 0.176 e. The molecule has 3 rings (SSSR count). The van der Waals surface area contributed by atoms with Crippen molar-refractivity contribution in [3.63, 3.8) is 0 Å². The topological polar surface area (TPSA) is 41.1 Å². The minimum atomic E-state index is -0.249. The van der Waals surface area contributed by atoms with Gasteiger partial charge in [-0.1, -0.05) is 18.2 Å². The molecule has 0 aliphatic carbocycles. The zero-order valence-electron chi connectivity index (χ0n) is 11.7. The largest absolute Gasteiger partial charge is 0.384 e. The number of ketones is 1. The molecule has 0 saturated carbocycles. The summed E-state index contributed by atoms with van der Waals surface area (Å²) in [5.74, 6) is -0.220. The van der Waals surface area contributed by atoms with E-state index in [0.29, 0.717) is 17.7 Å². The van der Waals surface area contributed by atoms with Crippen LogP contribution in [0.4, 0.5) is 10.1 Å². The molecule has 1 heterocycles. The molecule has 0 bridgehead atoms. The van der Waals surface area contributed by atoms with Crippen molar-refractivity contribution in [3.8, 4) is 0 Å². The van der Waals surface area contributed by atoms with Crippen LogP contribution in [0.3, 0.4) is 0 Å². The lowest BCUT2D eigenvalue weighted by Gasteiger charge is -2.07. The van der Waals surface area contributed by atoms with Gasteiger partial charge in [0.1, 0.15) is 5.82 Å². The molecular weight excluding hydrogens is 267 g/mol. The first-order valence-corrected chi connectivity index (χ1v) is 7.08. The van der Waals surface area contributed by atoms with E-state index in [-0.39, 0.29) is 18.1 Å². The van der Waals surface area contributed by atoms with Gasteiger partial charge in [0.05, 0.1) is 6.54 Å². The Morgan fingerprint density at radius 3 is 2.95 bits per heavy atom. The molecule has 0 unspecified atom stereocenters. The molecule has 2 N–H and O–H groups in total. The van der Waals surface area contributed by atoms with Crippen molar-refractivity contribution < 1.29 is 9.18 Å². The Hall–Kier alpha value is -2.20. The van der Waals surface area contributed by atoms with Crippen LogP contribution in [-0.4, -0.2) is 18.9 Å². The van der Waals surface area contributed by atoms with E-state index in [1.165, 1.54) is 11.6 Å². The van der Waals surface area contributed by atoms with Gasteiger partial charge in [0, 0.05) is 29.9 Å². The molecule has 0 amide bonds. The maximum atomic E-state index is 13.5. The zero-order chi connectivity index (χ0) is 14.7. The molecule has 0 radical (unpaired) electrons. The minimum absolute atomic E-state index is 0.0287. The Bertz CT molecular complexity index is 670. The summed E-state index contributed by atoms with van der Waals surface area (Å²) in [6.07, 6.45) is 0.957. The number of anilines is 1. The van der Waals surface area contributed by atoms with Crippen molar-refractivity contribution in [2.24, 2.45) is 0 Å². The second-order valence-corrected chi connectivity index (χ2v) is 5.17. The molecule has 1 aliphatic rings. The lowest BCUT2D eigenvalue weighted by Crippen LogP contribution is -2.23. The van der Waals surface area contributed by atoms with Crippen LogP contribution >= 0.6 is 0 Å². The van der Waals surface area contributed by atoms with E-state index in [4.69, 9.17) is 0 Å². The predicted molar refractivity (Wildman–Crippen MR) is 81.1 cm³/mol. The molecule has 3 nitrogen and oxygen atoms in total. The number of carbonyl (C=O) groups excluding carboxylic acids is 1. The fourth-order valence-electron chi connectivity index (χ4n) is 2.53. The summed E-state index contributed by atoms with van der Waals surface area (Å²) in [7, 11) is 0. The summed E-state index contributed by atoms with van der Waals surface area (Å²) in [5, 5.41) is 6.27. The molecular formula is C17H17FN2O. The van der Waals surface area contributed by atoms with E-state index < -0.39 is 0 Å². The van der Waals surface area contributed by atoms with Gasteiger partial charge in [-0.15, -0.1) is 0 Å². The molecule has 1 aliphatic heterocycles. The van der Waals surface area contributed by atoms with Gasteiger partial charge in [-0.3, -0.25) is 4.79 Å². The highest BCUT2D eigenvalue weighted by Crippen LogP contribution is 2.23. The second-order valence-electron chi connectivity index (χ2n) is 5.17. The van der Waals surface area contributed by atoms with Crippen LogP contribution in [0.2, 0.25) is 0 Å². The number of fused-ring (bicyclic) bond motifs is 1. The highest BCUT2D eigenvalue weighted by molar-refractivity contribution is 5.98. The standard InChI is InChI=1S/C17H17FN2O/c18-15-4-2-1-3-14(15)10-19-11-17(21)13-5-6-16-12(9-13)7-8-20-16/h1-6,9,19-20H,7-8,10-11H2. The molecule has 4 heteroatoms. The quantitative estimate of drug-likeness (QED) is 0.830. The molecule has 0 fully saturated rings. The average Bonchev–Trinajstić information content (AvgIpc) is 2.96. The van der Waals surface area contributed by atoms with E-state index in [0.717, 1.165) is 18.7 Å². The molecule has 2 aromatic rings. The molecule has 0 saturated heterocycles. The number of Topliss-reactive ketones (excluding diaryl/α,β-unsaturated/α-hetero) is 1. The lowest BCUT2D eigenvalue weighted by atomic mass is 10.1. The van der Waals surface area contributed by atoms with E-state index >= 15 is 0 Å². The number of carbonyl (C=O) groups is 1. The molecule has 0 aromatic heterocycles. The highest BCUT2D eigenvalue weighted by atomic mass is 19.1. The molecule has 108 valence electrons. The van der Waals surface area contributed by atoms with E-state index in [1.54, 1.807) is 18.2 Å². The van der Waals surface area contributed by atoms with Gasteiger partial charge in [-0.25, -0.2) is 4.39 Å². The Morgan fingerprint density at radius 1 is 1.24 bits per heavy atom. The van der Waals surface area contributed by atoms with E-state index in [1.807, 2.05) is 18.2 Å². The number of halogens is 1. The van der Waals surface area contributed by atoms with Crippen LogP contribution in [0, 0.1) is 5.82 Å². The van der Waals surface area contributed by atoms with Crippen molar-refractivity contribution >= 4 is 11.5 Å². The summed E-state index contributed by atoms with van der Waals surface area (Å²) in [6, 6.07) is 12.3. The molecule has 0 atom stereocenters. The fraction of sp³-hybridized carbons (Fsp3) is 0.235. The van der Waals surface area contributed by atoms with Gasteiger partial charge >= 0.3 is 0 Å². The Balaban J connectivity index is 1.58. The van der Waals surface area contributed by atoms with Gasteiger partial charge in [0.2, 0.25) is 0 Å². The van der Waals surface area contributed by atoms with Gasteiger partial charge in [0.15, 0.2) is 5.78 Å². The fourth-order valence-corrected chi connectivity index (χ4v) is 2.53. The number of hydrogen-bond donors (Lipinski definition) is 2. The SMILES string of the molecule is O=C(CNCc1ccccc1F)c1ccc2c(c1)CCN2. The third kappa shape index (κ3) is 3.11. The predicted octanol–water partition coefficient (Wildman–Crippen LogP) is 2.77. The number of nitrogens with one attached hydrogen (secondary N) is 2. The summed E-state index contributed by atoms with van der Waals surface area (Å²) < 4.78 is 13.5. The van der Waals surface area contributed by atoms with E-state index in [2.05, 4.69) is 10.6 Å². The number of rotatable bonds is 5. The van der Waals surface area contributed by atoms with Crippen LogP contribution < -0.4 is 10.6 Å². The minimum Gasteiger partial charge on any atom is -0.384 e. The van der Waals surface area contributed by atoms with Gasteiger partial charge in [-0.2, -0.15) is 0 Å². The molecule has 0 spiro atoms. The maximum absolute atomic E-state index is 13.5. The summed E-state index contributed by atoms with van der Waals surface area (Å²) in [5.41, 5.74) is 3.59. The molecule has 21 heavy (non-hydrogen) atoms. The normalized spacial score (nSPS) is 12.8. The van der Waals surface area contributed by atoms with Crippen molar-refractivity contribution in [2.75, 3.05) is 18.4 Å². The average molecular weight is 284 g/mol. The Labute approximate surface area is 123 Å². The van der Waals surface area contributed by atoms with Crippen LogP contribution in [0.25, 0.3) is 0 Å². The first-order chi connectivity index (χ1) is 10.2.